The van der Waals surface area contributed by atoms with E-state index in [1.54, 1.807) is 18.6 Å². The Morgan fingerprint density at radius 2 is 1.22 bits per heavy atom. The maximum atomic E-state index is 5.83. The van der Waals surface area contributed by atoms with E-state index in [9.17, 15) is 0 Å². The van der Waals surface area contributed by atoms with E-state index in [2.05, 4.69) is 15.0 Å². The first-order chi connectivity index (χ1) is 15.9. The third kappa shape index (κ3) is 8.76. The second-order valence-corrected chi connectivity index (χ2v) is 9.61. The molecule has 0 atom stereocenters. The van der Waals surface area contributed by atoms with Crippen LogP contribution in [-0.2, 0) is 0 Å². The minimum Gasteiger partial charge on any atom is -0.492 e. The molecule has 32 heavy (non-hydrogen) atoms. The third-order valence-electron chi connectivity index (χ3n) is 6.55. The van der Waals surface area contributed by atoms with Crippen LogP contribution in [0.4, 0.5) is 0 Å². The molecule has 0 saturated heterocycles. The second kappa shape index (κ2) is 12.8. The molecule has 0 bridgehead atoms. The van der Waals surface area contributed by atoms with Crippen molar-refractivity contribution < 1.29 is 9.47 Å². The van der Waals surface area contributed by atoms with Gasteiger partial charge in [-0.3, -0.25) is 4.98 Å². The molecule has 2 aliphatic carbocycles. The van der Waals surface area contributed by atoms with Crippen LogP contribution in [0.3, 0.4) is 0 Å². The van der Waals surface area contributed by atoms with Crippen molar-refractivity contribution in [2.24, 2.45) is 11.8 Å². The lowest BCUT2D eigenvalue weighted by atomic mass is 10.1. The Kier molecular flexibility index (Phi) is 9.17. The molecule has 0 amide bonds. The number of aromatic nitrogens is 3. The van der Waals surface area contributed by atoms with Gasteiger partial charge in [0, 0.05) is 0 Å². The number of rotatable bonds is 17. The van der Waals surface area contributed by atoms with Crippen molar-refractivity contribution in [3.63, 3.8) is 0 Å². The van der Waals surface area contributed by atoms with E-state index < -0.39 is 0 Å². The Bertz CT molecular complexity index is 703. The van der Waals surface area contributed by atoms with Crippen LogP contribution in [0, 0.1) is 11.8 Å². The van der Waals surface area contributed by atoms with Gasteiger partial charge in [-0.25, -0.2) is 9.97 Å². The fourth-order valence-electron chi connectivity index (χ4n) is 4.10. The average Bonchev–Trinajstić information content (AvgIpc) is 3.74. The molecule has 0 unspecified atom stereocenters. The van der Waals surface area contributed by atoms with Crippen molar-refractivity contribution in [1.29, 1.82) is 0 Å². The molecule has 5 nitrogen and oxygen atoms in total. The summed E-state index contributed by atoms with van der Waals surface area (Å²) in [5, 5.41) is 0. The van der Waals surface area contributed by atoms with Crippen LogP contribution >= 0.6 is 0 Å². The number of unbranched alkanes of at least 4 members (excludes halogenated alkanes) is 6. The first-order valence-electron chi connectivity index (χ1n) is 12.9. The highest BCUT2D eigenvalue weighted by molar-refractivity contribution is 5.53. The lowest BCUT2D eigenvalue weighted by Crippen LogP contribution is -2.00. The second-order valence-electron chi connectivity index (χ2n) is 9.61. The molecule has 0 aromatic carbocycles. The number of hydrogen-bond donors (Lipinski definition) is 0. The molecule has 2 fully saturated rings. The lowest BCUT2D eigenvalue weighted by molar-refractivity contribution is 0.292. The van der Waals surface area contributed by atoms with Gasteiger partial charge in [0.2, 0.25) is 5.88 Å². The summed E-state index contributed by atoms with van der Waals surface area (Å²) in [5.41, 5.74) is 1.55. The minimum absolute atomic E-state index is 0.587. The number of ether oxygens (including phenoxy) is 2. The molecule has 2 saturated carbocycles. The van der Waals surface area contributed by atoms with Crippen molar-refractivity contribution in [3.05, 3.63) is 30.7 Å². The molecule has 0 N–H and O–H groups in total. The first-order valence-corrected chi connectivity index (χ1v) is 12.9. The fourth-order valence-corrected chi connectivity index (χ4v) is 4.10. The predicted molar refractivity (Wildman–Crippen MR) is 128 cm³/mol. The van der Waals surface area contributed by atoms with Crippen molar-refractivity contribution in [2.45, 2.75) is 89.9 Å². The van der Waals surface area contributed by atoms with Crippen LogP contribution in [-0.4, -0.2) is 28.2 Å². The van der Waals surface area contributed by atoms with E-state index in [-0.39, 0.29) is 0 Å². The van der Waals surface area contributed by atoms with Crippen molar-refractivity contribution >= 4 is 0 Å². The summed E-state index contributed by atoms with van der Waals surface area (Å²) in [4.78, 5) is 13.3. The van der Waals surface area contributed by atoms with Gasteiger partial charge in [0.1, 0.15) is 11.4 Å². The van der Waals surface area contributed by atoms with E-state index in [1.807, 2.05) is 12.1 Å². The van der Waals surface area contributed by atoms with Gasteiger partial charge in [0.25, 0.3) is 0 Å². The quantitative estimate of drug-likeness (QED) is 0.249. The van der Waals surface area contributed by atoms with Crippen LogP contribution in [0.1, 0.15) is 89.9 Å². The zero-order valence-electron chi connectivity index (χ0n) is 19.5. The molecule has 2 heterocycles. The SMILES string of the molecule is c1cc(-c2cnc(OCCCCCCC3CC3)cn2)ncc1OCCCCCCC1CC1. The number of hydrogen-bond acceptors (Lipinski definition) is 5. The van der Waals surface area contributed by atoms with E-state index in [0.717, 1.165) is 48.4 Å². The van der Waals surface area contributed by atoms with Gasteiger partial charge in [-0.2, -0.15) is 0 Å². The van der Waals surface area contributed by atoms with Gasteiger partial charge in [-0.05, 0) is 36.8 Å². The van der Waals surface area contributed by atoms with Crippen LogP contribution < -0.4 is 9.47 Å². The average molecular weight is 438 g/mol. The van der Waals surface area contributed by atoms with Gasteiger partial charge >= 0.3 is 0 Å². The summed E-state index contributed by atoms with van der Waals surface area (Å²) in [7, 11) is 0. The zero-order valence-corrected chi connectivity index (χ0v) is 19.5. The van der Waals surface area contributed by atoms with Crippen LogP contribution in [0.15, 0.2) is 30.7 Å². The molecule has 0 spiro atoms. The third-order valence-corrected chi connectivity index (χ3v) is 6.55. The molecule has 2 aromatic heterocycles. The predicted octanol–water partition coefficient (Wildman–Crippen LogP) is 7.02. The molecule has 2 aromatic rings. The fraction of sp³-hybridized carbons (Fsp3) is 0.667. The van der Waals surface area contributed by atoms with E-state index in [0.29, 0.717) is 12.5 Å². The van der Waals surface area contributed by atoms with Crippen LogP contribution in [0.25, 0.3) is 11.4 Å². The Morgan fingerprint density at radius 1 is 0.594 bits per heavy atom. The number of pyridine rings is 1. The monoisotopic (exact) mass is 437 g/mol. The molecule has 174 valence electrons. The highest BCUT2D eigenvalue weighted by Crippen LogP contribution is 2.34. The number of nitrogens with zero attached hydrogens (tertiary/aromatic N) is 3. The topological polar surface area (TPSA) is 57.1 Å². The summed E-state index contributed by atoms with van der Waals surface area (Å²) in [5.74, 6) is 3.51. The van der Waals surface area contributed by atoms with E-state index in [1.165, 1.54) is 77.0 Å². The Balaban J connectivity index is 1.07. The molecule has 0 radical (unpaired) electrons. The Hall–Kier alpha value is -2.17. The van der Waals surface area contributed by atoms with Gasteiger partial charge < -0.3 is 9.47 Å². The maximum Gasteiger partial charge on any atom is 0.232 e. The van der Waals surface area contributed by atoms with Crippen molar-refractivity contribution in [3.8, 4) is 23.0 Å². The summed E-state index contributed by atoms with van der Waals surface area (Å²) in [6, 6.07) is 3.90. The lowest BCUT2D eigenvalue weighted by Gasteiger charge is -2.07. The molecule has 0 aliphatic heterocycles. The zero-order chi connectivity index (χ0) is 21.8. The molecular weight excluding hydrogens is 398 g/mol. The Morgan fingerprint density at radius 3 is 1.78 bits per heavy atom. The van der Waals surface area contributed by atoms with Gasteiger partial charge in [-0.15, -0.1) is 0 Å². The Labute approximate surface area is 193 Å². The minimum atomic E-state index is 0.587. The summed E-state index contributed by atoms with van der Waals surface area (Å²) in [6.07, 6.45) is 24.0. The van der Waals surface area contributed by atoms with Gasteiger partial charge in [-0.1, -0.05) is 77.0 Å². The molecule has 4 rings (SSSR count). The largest absolute Gasteiger partial charge is 0.492 e. The van der Waals surface area contributed by atoms with Crippen LogP contribution in [0.2, 0.25) is 0 Å². The molecule has 5 heteroatoms. The summed E-state index contributed by atoms with van der Waals surface area (Å²) < 4.78 is 11.6. The van der Waals surface area contributed by atoms with Crippen LogP contribution in [0.5, 0.6) is 11.6 Å². The molecular formula is C27H39N3O2. The summed E-state index contributed by atoms with van der Waals surface area (Å²) in [6.45, 7) is 1.47. The normalized spacial score (nSPS) is 15.6. The first kappa shape index (κ1) is 23.0. The van der Waals surface area contributed by atoms with E-state index in [4.69, 9.17) is 9.47 Å². The smallest absolute Gasteiger partial charge is 0.232 e. The van der Waals surface area contributed by atoms with Crippen molar-refractivity contribution in [2.75, 3.05) is 13.2 Å². The van der Waals surface area contributed by atoms with Crippen molar-refractivity contribution in [1.82, 2.24) is 15.0 Å². The summed E-state index contributed by atoms with van der Waals surface area (Å²) >= 11 is 0. The molecule has 2 aliphatic rings. The highest BCUT2D eigenvalue weighted by Gasteiger charge is 2.20. The maximum absolute atomic E-state index is 5.83. The van der Waals surface area contributed by atoms with Gasteiger partial charge in [0.05, 0.1) is 37.5 Å². The van der Waals surface area contributed by atoms with E-state index >= 15 is 0 Å². The standard InChI is InChI=1S/C27H39N3O2/c1(5-9-22-11-12-22)3-7-17-31-24-15-16-25(28-19-24)26-20-30-27(21-29-26)32-18-8-4-2-6-10-23-13-14-23/h15-16,19-23H,1-14,17-18H2. The highest BCUT2D eigenvalue weighted by atomic mass is 16.5. The van der Waals surface area contributed by atoms with Gasteiger partial charge in [0.15, 0.2) is 0 Å².